The maximum absolute atomic E-state index is 12.7. The maximum Gasteiger partial charge on any atom is 0.271 e. The van der Waals surface area contributed by atoms with E-state index in [1.807, 2.05) is 48.5 Å². The highest BCUT2D eigenvalue weighted by molar-refractivity contribution is 5.96. The molecule has 1 aliphatic rings. The highest BCUT2D eigenvalue weighted by Crippen LogP contribution is 2.27. The van der Waals surface area contributed by atoms with Crippen molar-refractivity contribution in [3.05, 3.63) is 69.5 Å². The quantitative estimate of drug-likeness (QED) is 0.690. The topological polar surface area (TPSA) is 87.6 Å². The van der Waals surface area contributed by atoms with Crippen LogP contribution < -0.4 is 5.56 Å². The minimum atomic E-state index is -0.500. The lowest BCUT2D eigenvalue weighted by Crippen LogP contribution is -2.29. The fourth-order valence-electron chi connectivity index (χ4n) is 3.74. The van der Waals surface area contributed by atoms with Gasteiger partial charge in [0.25, 0.3) is 5.56 Å². The first-order valence-electron chi connectivity index (χ1n) is 9.60. The van der Waals surface area contributed by atoms with Crippen LogP contribution in [0.2, 0.25) is 0 Å². The number of aromatic nitrogens is 1. The van der Waals surface area contributed by atoms with Gasteiger partial charge in [0, 0.05) is 18.2 Å². The van der Waals surface area contributed by atoms with Crippen LogP contribution in [-0.2, 0) is 11.3 Å². The molecule has 1 unspecified atom stereocenters. The molecule has 2 aromatic carbocycles. The minimum absolute atomic E-state index is 0.0140. The van der Waals surface area contributed by atoms with Crippen molar-refractivity contribution in [1.82, 2.24) is 4.57 Å². The van der Waals surface area contributed by atoms with E-state index in [0.717, 1.165) is 29.3 Å². The molecule has 1 N–H and O–H groups in total. The van der Waals surface area contributed by atoms with E-state index in [0.29, 0.717) is 17.7 Å². The van der Waals surface area contributed by atoms with Crippen LogP contribution in [0.15, 0.2) is 52.3 Å². The van der Waals surface area contributed by atoms with Gasteiger partial charge in [-0.05, 0) is 36.8 Å². The number of aromatic hydroxyl groups is 1. The molecule has 1 saturated heterocycles. The van der Waals surface area contributed by atoms with Gasteiger partial charge in [0.15, 0.2) is 0 Å². The molecule has 2 heterocycles. The summed E-state index contributed by atoms with van der Waals surface area (Å²) in [5, 5.41) is 22.4. The molecule has 0 saturated carbocycles. The Labute approximate surface area is 168 Å². The molecule has 6 heteroatoms. The van der Waals surface area contributed by atoms with Crippen molar-refractivity contribution < 1.29 is 9.84 Å². The van der Waals surface area contributed by atoms with Gasteiger partial charge in [-0.3, -0.25) is 14.4 Å². The van der Waals surface area contributed by atoms with Gasteiger partial charge in [0.2, 0.25) is 5.88 Å². The number of ether oxygens (including phenoxy) is 1. The van der Waals surface area contributed by atoms with Crippen LogP contribution in [-0.4, -0.2) is 28.6 Å². The summed E-state index contributed by atoms with van der Waals surface area (Å²) < 4.78 is 6.83. The average Bonchev–Trinajstić information content (AvgIpc) is 3.25. The van der Waals surface area contributed by atoms with E-state index < -0.39 is 5.56 Å². The Balaban J connectivity index is 1.81. The zero-order valence-electron chi connectivity index (χ0n) is 16.1. The van der Waals surface area contributed by atoms with Crippen molar-refractivity contribution in [3.63, 3.8) is 0 Å². The lowest BCUT2D eigenvalue weighted by molar-refractivity contribution is 0.0938. The highest BCUT2D eigenvalue weighted by Gasteiger charge is 2.23. The zero-order valence-corrected chi connectivity index (χ0v) is 16.1. The summed E-state index contributed by atoms with van der Waals surface area (Å²) >= 11 is 0. The van der Waals surface area contributed by atoms with Gasteiger partial charge >= 0.3 is 0 Å². The molecule has 1 fully saturated rings. The van der Waals surface area contributed by atoms with Gasteiger partial charge < -0.3 is 9.84 Å². The first-order chi connectivity index (χ1) is 14.1. The monoisotopic (exact) mass is 387 g/mol. The van der Waals surface area contributed by atoms with Crippen molar-refractivity contribution in [2.75, 3.05) is 6.61 Å². The Hall–Kier alpha value is -3.43. The number of hydrogen-bond donors (Lipinski definition) is 1. The summed E-state index contributed by atoms with van der Waals surface area (Å²) in [6.07, 6.45) is 3.13. The molecule has 0 bridgehead atoms. The van der Waals surface area contributed by atoms with Crippen molar-refractivity contribution in [2.24, 2.45) is 4.99 Å². The second-order valence-corrected chi connectivity index (χ2v) is 7.16. The molecule has 0 spiro atoms. The molecule has 0 amide bonds. The maximum atomic E-state index is 12.7. The summed E-state index contributed by atoms with van der Waals surface area (Å²) in [7, 11) is 0. The minimum Gasteiger partial charge on any atom is -0.494 e. The van der Waals surface area contributed by atoms with Crippen LogP contribution in [0.4, 0.5) is 5.69 Å². The van der Waals surface area contributed by atoms with Gasteiger partial charge in [0.1, 0.15) is 11.6 Å². The largest absolute Gasteiger partial charge is 0.494 e. The van der Waals surface area contributed by atoms with Gasteiger partial charge in [-0.1, -0.05) is 36.4 Å². The molecule has 1 aromatic heterocycles. The Morgan fingerprint density at radius 1 is 1.31 bits per heavy atom. The third-order valence-corrected chi connectivity index (χ3v) is 5.36. The van der Waals surface area contributed by atoms with Crippen molar-refractivity contribution in [2.45, 2.75) is 32.4 Å². The van der Waals surface area contributed by atoms with Gasteiger partial charge in [-0.25, -0.2) is 0 Å². The number of hydrogen-bond acceptors (Lipinski definition) is 5. The second-order valence-electron chi connectivity index (χ2n) is 7.16. The molecule has 0 aliphatic carbocycles. The SMILES string of the molecule is Cc1c(C=Nc2cccc3ccccc23)c(O)n(CC2CCCO2)c(=O)c1C#N. The molecule has 6 nitrogen and oxygen atoms in total. The van der Waals surface area contributed by atoms with E-state index in [4.69, 9.17) is 4.74 Å². The highest BCUT2D eigenvalue weighted by atomic mass is 16.5. The number of nitrogens with zero attached hydrogens (tertiary/aromatic N) is 3. The van der Waals surface area contributed by atoms with Crippen LogP contribution in [0.25, 0.3) is 10.8 Å². The molecule has 1 atom stereocenters. The first kappa shape index (κ1) is 18.9. The normalized spacial score (nSPS) is 16.5. The number of rotatable bonds is 4. The van der Waals surface area contributed by atoms with Crippen molar-refractivity contribution in [1.29, 1.82) is 5.26 Å². The Bertz CT molecular complexity index is 1190. The average molecular weight is 387 g/mol. The Kier molecular flexibility index (Phi) is 5.15. The van der Waals surface area contributed by atoms with E-state index in [2.05, 4.69) is 4.99 Å². The smallest absolute Gasteiger partial charge is 0.271 e. The molecule has 1 aliphatic heterocycles. The van der Waals surface area contributed by atoms with Crippen LogP contribution in [0.5, 0.6) is 5.88 Å². The summed E-state index contributed by atoms with van der Waals surface area (Å²) in [4.78, 5) is 17.3. The third-order valence-electron chi connectivity index (χ3n) is 5.36. The fraction of sp³-hybridized carbons (Fsp3) is 0.261. The molecule has 3 aromatic rings. The molecular weight excluding hydrogens is 366 g/mol. The third kappa shape index (κ3) is 3.53. The Morgan fingerprint density at radius 3 is 2.86 bits per heavy atom. The number of fused-ring (bicyclic) bond motifs is 1. The van der Waals surface area contributed by atoms with E-state index in [1.54, 1.807) is 6.92 Å². The van der Waals surface area contributed by atoms with E-state index in [9.17, 15) is 15.2 Å². The van der Waals surface area contributed by atoms with Gasteiger partial charge in [-0.15, -0.1) is 0 Å². The van der Waals surface area contributed by atoms with E-state index in [1.165, 1.54) is 10.8 Å². The first-order valence-corrected chi connectivity index (χ1v) is 9.60. The zero-order chi connectivity index (χ0) is 20.4. The molecule has 4 rings (SSSR count). The van der Waals surface area contributed by atoms with Gasteiger partial charge in [0.05, 0.1) is 23.9 Å². The fourth-order valence-corrected chi connectivity index (χ4v) is 3.74. The predicted molar refractivity (Wildman–Crippen MR) is 112 cm³/mol. The van der Waals surface area contributed by atoms with E-state index >= 15 is 0 Å². The van der Waals surface area contributed by atoms with Crippen LogP contribution >= 0.6 is 0 Å². The van der Waals surface area contributed by atoms with E-state index in [-0.39, 0.29) is 24.1 Å². The number of pyridine rings is 1. The second kappa shape index (κ2) is 7.90. The molecule has 0 radical (unpaired) electrons. The number of benzene rings is 2. The predicted octanol–water partition coefficient (Wildman–Crippen LogP) is 3.82. The number of aliphatic imine (C=N–C) groups is 1. The number of nitriles is 1. The molecular formula is C23H21N3O3. The summed E-state index contributed by atoms with van der Waals surface area (Å²) in [5.74, 6) is -0.189. The van der Waals surface area contributed by atoms with Crippen LogP contribution in [0, 0.1) is 18.3 Å². The van der Waals surface area contributed by atoms with Crippen molar-refractivity contribution >= 4 is 22.7 Å². The lowest BCUT2D eigenvalue weighted by Gasteiger charge is -2.17. The van der Waals surface area contributed by atoms with Crippen molar-refractivity contribution in [3.8, 4) is 11.9 Å². The van der Waals surface area contributed by atoms with Crippen LogP contribution in [0.1, 0.15) is 29.5 Å². The molecule has 146 valence electrons. The summed E-state index contributed by atoms with van der Waals surface area (Å²) in [5.41, 5.74) is 1.05. The summed E-state index contributed by atoms with van der Waals surface area (Å²) in [6.45, 7) is 2.52. The lowest BCUT2D eigenvalue weighted by atomic mass is 10.1. The summed E-state index contributed by atoms with van der Waals surface area (Å²) in [6, 6.07) is 15.7. The molecule has 29 heavy (non-hydrogen) atoms. The van der Waals surface area contributed by atoms with Crippen LogP contribution in [0.3, 0.4) is 0 Å². The standard InChI is InChI=1S/C23H21N3O3/c1-15-19(12-24)22(27)26(14-17-8-5-11-29-17)23(28)20(15)13-25-21-10-4-7-16-6-2-3-9-18(16)21/h2-4,6-7,9-10,13,17,28H,5,8,11,14H2,1H3. The van der Waals surface area contributed by atoms with Gasteiger partial charge in [-0.2, -0.15) is 5.26 Å². The Morgan fingerprint density at radius 2 is 2.10 bits per heavy atom.